The molecule has 1 aromatic heterocycles. The SMILES string of the molecule is CCCc1[nH]nc2c1C(c1cccc(O)c1)C(C#N)C(=N)O2. The normalized spacial score (nSPS) is 20.1. The number of phenols is 1. The summed E-state index contributed by atoms with van der Waals surface area (Å²) in [7, 11) is 0. The van der Waals surface area contributed by atoms with Gasteiger partial charge in [-0.15, -0.1) is 5.10 Å². The molecular formula is C16H16N4O2. The van der Waals surface area contributed by atoms with E-state index in [2.05, 4.69) is 23.2 Å². The fourth-order valence-electron chi connectivity index (χ4n) is 2.90. The maximum absolute atomic E-state index is 9.75. The average molecular weight is 296 g/mol. The van der Waals surface area contributed by atoms with E-state index in [1.165, 1.54) is 0 Å². The van der Waals surface area contributed by atoms with Crippen LogP contribution in [0.15, 0.2) is 24.3 Å². The highest BCUT2D eigenvalue weighted by molar-refractivity contribution is 5.84. The first-order chi connectivity index (χ1) is 10.7. The first-order valence-electron chi connectivity index (χ1n) is 7.17. The molecule has 1 aromatic carbocycles. The Morgan fingerprint density at radius 2 is 2.32 bits per heavy atom. The largest absolute Gasteiger partial charge is 0.508 e. The number of nitrogens with one attached hydrogen (secondary N) is 2. The van der Waals surface area contributed by atoms with Crippen molar-refractivity contribution in [1.29, 1.82) is 10.7 Å². The van der Waals surface area contributed by atoms with Gasteiger partial charge in [0.05, 0.1) is 6.07 Å². The molecule has 2 unspecified atom stereocenters. The Balaban J connectivity index is 2.19. The first kappa shape index (κ1) is 14.1. The monoisotopic (exact) mass is 296 g/mol. The van der Waals surface area contributed by atoms with Gasteiger partial charge in [0.15, 0.2) is 0 Å². The van der Waals surface area contributed by atoms with E-state index in [0.717, 1.165) is 29.7 Å². The zero-order valence-corrected chi connectivity index (χ0v) is 12.1. The fraction of sp³-hybridized carbons (Fsp3) is 0.312. The number of H-pyrrole nitrogens is 1. The van der Waals surface area contributed by atoms with E-state index in [4.69, 9.17) is 10.1 Å². The van der Waals surface area contributed by atoms with Gasteiger partial charge in [-0.1, -0.05) is 25.5 Å². The maximum Gasteiger partial charge on any atom is 0.243 e. The van der Waals surface area contributed by atoms with Crippen molar-refractivity contribution in [3.8, 4) is 17.7 Å². The van der Waals surface area contributed by atoms with Crippen LogP contribution >= 0.6 is 0 Å². The summed E-state index contributed by atoms with van der Waals surface area (Å²) >= 11 is 0. The predicted molar refractivity (Wildman–Crippen MR) is 80.0 cm³/mol. The van der Waals surface area contributed by atoms with Crippen LogP contribution in [0.25, 0.3) is 0 Å². The van der Waals surface area contributed by atoms with Gasteiger partial charge in [0.2, 0.25) is 11.8 Å². The van der Waals surface area contributed by atoms with E-state index in [1.807, 2.05) is 6.07 Å². The third-order valence-corrected chi connectivity index (χ3v) is 3.85. The van der Waals surface area contributed by atoms with Crippen LogP contribution in [0.2, 0.25) is 0 Å². The Bertz CT molecular complexity index is 760. The van der Waals surface area contributed by atoms with Crippen LogP contribution in [0.1, 0.15) is 36.1 Å². The summed E-state index contributed by atoms with van der Waals surface area (Å²) in [6, 6.07) is 8.94. The second kappa shape index (κ2) is 5.53. The van der Waals surface area contributed by atoms with Crippen molar-refractivity contribution in [3.05, 3.63) is 41.1 Å². The molecule has 2 heterocycles. The zero-order chi connectivity index (χ0) is 15.7. The van der Waals surface area contributed by atoms with Gasteiger partial charge in [-0.3, -0.25) is 10.5 Å². The number of aromatic amines is 1. The van der Waals surface area contributed by atoms with Crippen molar-refractivity contribution in [1.82, 2.24) is 10.2 Å². The molecule has 3 rings (SSSR count). The molecule has 1 aliphatic rings. The van der Waals surface area contributed by atoms with Crippen LogP contribution in [-0.4, -0.2) is 21.2 Å². The van der Waals surface area contributed by atoms with Gasteiger partial charge in [0.1, 0.15) is 11.7 Å². The smallest absolute Gasteiger partial charge is 0.243 e. The number of hydrogen-bond acceptors (Lipinski definition) is 5. The molecule has 0 amide bonds. The number of aromatic nitrogens is 2. The lowest BCUT2D eigenvalue weighted by Gasteiger charge is -2.28. The third-order valence-electron chi connectivity index (χ3n) is 3.85. The number of nitrogens with zero attached hydrogens (tertiary/aromatic N) is 2. The quantitative estimate of drug-likeness (QED) is 0.809. The summed E-state index contributed by atoms with van der Waals surface area (Å²) in [5.74, 6) is -0.725. The molecule has 2 aromatic rings. The van der Waals surface area contributed by atoms with Gasteiger partial charge in [0.25, 0.3) is 0 Å². The molecule has 1 aliphatic heterocycles. The van der Waals surface area contributed by atoms with E-state index in [-0.39, 0.29) is 17.6 Å². The molecule has 112 valence electrons. The first-order valence-corrected chi connectivity index (χ1v) is 7.17. The fourth-order valence-corrected chi connectivity index (χ4v) is 2.90. The summed E-state index contributed by atoms with van der Waals surface area (Å²) in [4.78, 5) is 0. The number of nitriles is 1. The topological polar surface area (TPSA) is 106 Å². The van der Waals surface area contributed by atoms with Crippen molar-refractivity contribution in [2.24, 2.45) is 5.92 Å². The summed E-state index contributed by atoms with van der Waals surface area (Å²) in [5.41, 5.74) is 2.51. The Labute approximate surface area is 127 Å². The second-order valence-electron chi connectivity index (χ2n) is 5.32. The molecule has 0 bridgehead atoms. The molecule has 6 heteroatoms. The minimum atomic E-state index is -0.734. The van der Waals surface area contributed by atoms with E-state index >= 15 is 0 Å². The standard InChI is InChI=1S/C16H16N4O2/c1-2-4-12-14-13(9-5-3-6-10(21)7-9)11(8-17)15(18)22-16(14)20-19-12/h3,5-7,11,13,18,21H,2,4H2,1H3,(H,19,20). The summed E-state index contributed by atoms with van der Waals surface area (Å²) in [6.45, 7) is 2.06. The van der Waals surface area contributed by atoms with Gasteiger partial charge in [-0.25, -0.2) is 0 Å². The lowest BCUT2D eigenvalue weighted by molar-refractivity contribution is 0.434. The highest BCUT2D eigenvalue weighted by Gasteiger charge is 2.40. The molecule has 0 saturated heterocycles. The molecule has 6 nitrogen and oxygen atoms in total. The molecule has 3 N–H and O–H groups in total. The van der Waals surface area contributed by atoms with Gasteiger partial charge in [0, 0.05) is 17.2 Å². The van der Waals surface area contributed by atoms with Crippen LogP contribution in [0.3, 0.4) is 0 Å². The number of aryl methyl sites for hydroxylation is 1. The van der Waals surface area contributed by atoms with Crippen molar-refractivity contribution < 1.29 is 9.84 Å². The van der Waals surface area contributed by atoms with E-state index in [9.17, 15) is 10.4 Å². The minimum absolute atomic E-state index is 0.113. The van der Waals surface area contributed by atoms with Crippen molar-refractivity contribution in [2.75, 3.05) is 0 Å². The van der Waals surface area contributed by atoms with Crippen LogP contribution < -0.4 is 4.74 Å². The number of ether oxygens (including phenoxy) is 1. The number of rotatable bonds is 3. The van der Waals surface area contributed by atoms with Gasteiger partial charge < -0.3 is 9.84 Å². The highest BCUT2D eigenvalue weighted by atomic mass is 16.5. The van der Waals surface area contributed by atoms with Crippen molar-refractivity contribution in [3.63, 3.8) is 0 Å². The van der Waals surface area contributed by atoms with Crippen LogP contribution in [0.5, 0.6) is 11.6 Å². The number of benzene rings is 1. The molecular weight excluding hydrogens is 280 g/mol. The highest BCUT2D eigenvalue weighted by Crippen LogP contribution is 2.43. The van der Waals surface area contributed by atoms with E-state index in [1.54, 1.807) is 18.2 Å². The molecule has 0 aliphatic carbocycles. The maximum atomic E-state index is 9.75. The lowest BCUT2D eigenvalue weighted by atomic mass is 9.79. The molecule has 0 saturated carbocycles. The Kier molecular flexibility index (Phi) is 3.55. The second-order valence-corrected chi connectivity index (χ2v) is 5.32. The van der Waals surface area contributed by atoms with E-state index in [0.29, 0.717) is 5.88 Å². The van der Waals surface area contributed by atoms with Gasteiger partial charge in [-0.05, 0) is 24.1 Å². The molecule has 0 spiro atoms. The van der Waals surface area contributed by atoms with Crippen molar-refractivity contribution >= 4 is 5.90 Å². The average Bonchev–Trinajstić information content (AvgIpc) is 2.88. The van der Waals surface area contributed by atoms with Crippen molar-refractivity contribution in [2.45, 2.75) is 25.7 Å². The van der Waals surface area contributed by atoms with Crippen LogP contribution in [0.4, 0.5) is 0 Å². The Hall–Kier alpha value is -2.81. The lowest BCUT2D eigenvalue weighted by Crippen LogP contribution is -2.31. The zero-order valence-electron chi connectivity index (χ0n) is 12.1. The van der Waals surface area contributed by atoms with Gasteiger partial charge >= 0.3 is 0 Å². The third kappa shape index (κ3) is 2.21. The number of hydrogen-bond donors (Lipinski definition) is 3. The molecule has 0 radical (unpaired) electrons. The molecule has 2 atom stereocenters. The van der Waals surface area contributed by atoms with Crippen LogP contribution in [-0.2, 0) is 6.42 Å². The van der Waals surface area contributed by atoms with Crippen LogP contribution in [0, 0.1) is 22.7 Å². The minimum Gasteiger partial charge on any atom is -0.508 e. The molecule has 0 fully saturated rings. The predicted octanol–water partition coefficient (Wildman–Crippen LogP) is 2.71. The summed E-state index contributed by atoms with van der Waals surface area (Å²) < 4.78 is 5.40. The number of phenolic OH excluding ortho intramolecular Hbond substituents is 1. The number of aromatic hydroxyl groups is 1. The molecule has 22 heavy (non-hydrogen) atoms. The Morgan fingerprint density at radius 3 is 3.00 bits per heavy atom. The number of fused-ring (bicyclic) bond motifs is 1. The summed E-state index contributed by atoms with van der Waals surface area (Å²) in [5, 5.41) is 34.3. The Morgan fingerprint density at radius 1 is 1.50 bits per heavy atom. The van der Waals surface area contributed by atoms with Gasteiger partial charge in [-0.2, -0.15) is 5.26 Å². The van der Waals surface area contributed by atoms with E-state index < -0.39 is 5.92 Å². The summed E-state index contributed by atoms with van der Waals surface area (Å²) in [6.07, 6.45) is 1.71.